The van der Waals surface area contributed by atoms with Crippen LogP contribution in [0.3, 0.4) is 0 Å². The van der Waals surface area contributed by atoms with Crippen molar-refractivity contribution < 1.29 is 0 Å². The lowest BCUT2D eigenvalue weighted by Gasteiger charge is -2.40. The zero-order valence-electron chi connectivity index (χ0n) is 15.7. The van der Waals surface area contributed by atoms with Crippen LogP contribution in [0.2, 0.25) is 0 Å². The summed E-state index contributed by atoms with van der Waals surface area (Å²) in [6.45, 7) is 7.43. The van der Waals surface area contributed by atoms with Gasteiger partial charge in [0.15, 0.2) is 0 Å². The Morgan fingerprint density at radius 2 is 1.64 bits per heavy atom. The largest absolute Gasteiger partial charge is 0.330 e. The number of rotatable bonds is 6. The van der Waals surface area contributed by atoms with Crippen LogP contribution in [0, 0.1) is 0 Å². The molecule has 0 saturated carbocycles. The molecule has 0 radical (unpaired) electrons. The fraction of sp³-hybridized carbons (Fsp3) is 0.478. The van der Waals surface area contributed by atoms with Gasteiger partial charge >= 0.3 is 0 Å². The van der Waals surface area contributed by atoms with Gasteiger partial charge in [0, 0.05) is 25.0 Å². The Bertz CT molecular complexity index is 633. The van der Waals surface area contributed by atoms with Crippen LogP contribution in [-0.2, 0) is 6.54 Å². The topological polar surface area (TPSA) is 29.3 Å². The second-order valence-corrected chi connectivity index (χ2v) is 7.68. The van der Waals surface area contributed by atoms with Crippen molar-refractivity contribution >= 4 is 0 Å². The molecule has 3 rings (SSSR count). The third-order valence-electron chi connectivity index (χ3n) is 5.64. The monoisotopic (exact) mass is 336 g/mol. The molecule has 0 aliphatic carbocycles. The number of nitrogens with zero attached hydrogens (tertiary/aromatic N) is 1. The highest BCUT2D eigenvalue weighted by Crippen LogP contribution is 2.31. The maximum atomic E-state index is 6.26. The highest BCUT2D eigenvalue weighted by atomic mass is 15.2. The number of hydrogen-bond donors (Lipinski definition) is 1. The number of likely N-dealkylation sites (tertiary alicyclic amines) is 1. The van der Waals surface area contributed by atoms with Gasteiger partial charge in [-0.15, -0.1) is 0 Å². The van der Waals surface area contributed by atoms with E-state index in [4.69, 9.17) is 5.73 Å². The highest BCUT2D eigenvalue weighted by molar-refractivity contribution is 5.29. The molecule has 2 aromatic rings. The first-order valence-corrected chi connectivity index (χ1v) is 9.77. The lowest BCUT2D eigenvalue weighted by Crippen LogP contribution is -2.44. The summed E-state index contributed by atoms with van der Waals surface area (Å²) in [4.78, 5) is 2.66. The van der Waals surface area contributed by atoms with Gasteiger partial charge in [-0.3, -0.25) is 4.90 Å². The maximum Gasteiger partial charge on any atom is 0.0236 e. The summed E-state index contributed by atoms with van der Waals surface area (Å²) in [6.07, 6.45) is 3.87. The first-order valence-electron chi connectivity index (χ1n) is 9.77. The van der Waals surface area contributed by atoms with Crippen LogP contribution < -0.4 is 5.73 Å². The van der Waals surface area contributed by atoms with Gasteiger partial charge in [-0.25, -0.2) is 0 Å². The van der Waals surface area contributed by atoms with Crippen molar-refractivity contribution in [3.05, 3.63) is 71.3 Å². The van der Waals surface area contributed by atoms with Crippen LogP contribution in [0.25, 0.3) is 0 Å². The Morgan fingerprint density at radius 1 is 0.960 bits per heavy atom. The average Bonchev–Trinajstić information content (AvgIpc) is 2.65. The second kappa shape index (κ2) is 8.64. The van der Waals surface area contributed by atoms with Gasteiger partial charge in [0.2, 0.25) is 0 Å². The van der Waals surface area contributed by atoms with E-state index in [1.807, 2.05) is 0 Å². The Labute approximate surface area is 153 Å². The van der Waals surface area contributed by atoms with Crippen LogP contribution >= 0.6 is 0 Å². The predicted molar refractivity (Wildman–Crippen MR) is 107 cm³/mol. The fourth-order valence-electron chi connectivity index (χ4n) is 4.13. The van der Waals surface area contributed by atoms with Crippen LogP contribution in [-0.4, -0.2) is 24.0 Å². The Kier molecular flexibility index (Phi) is 6.28. The molecular weight excluding hydrogens is 304 g/mol. The summed E-state index contributed by atoms with van der Waals surface area (Å²) in [7, 11) is 0. The number of hydrogen-bond acceptors (Lipinski definition) is 2. The molecule has 25 heavy (non-hydrogen) atoms. The molecule has 2 aromatic carbocycles. The molecule has 134 valence electrons. The van der Waals surface area contributed by atoms with E-state index in [1.165, 1.54) is 42.5 Å². The Morgan fingerprint density at radius 3 is 2.28 bits per heavy atom. The van der Waals surface area contributed by atoms with E-state index in [0.29, 0.717) is 17.9 Å². The van der Waals surface area contributed by atoms with Crippen LogP contribution in [0.4, 0.5) is 0 Å². The molecule has 2 heteroatoms. The van der Waals surface area contributed by atoms with Gasteiger partial charge in [0.05, 0.1) is 0 Å². The summed E-state index contributed by atoms with van der Waals surface area (Å²) in [5.41, 5.74) is 10.5. The van der Waals surface area contributed by atoms with Gasteiger partial charge in [0.25, 0.3) is 0 Å². The minimum atomic E-state index is 0.422. The molecule has 0 bridgehead atoms. The SMILES string of the molecule is CC(C)c1ccc(C(CN)C2CCCCN2Cc2ccccc2)cc1. The maximum absolute atomic E-state index is 6.26. The van der Waals surface area contributed by atoms with Crippen LogP contribution in [0.15, 0.2) is 54.6 Å². The molecular formula is C23H32N2. The molecule has 0 amide bonds. The Balaban J connectivity index is 1.79. The van der Waals surface area contributed by atoms with E-state index in [9.17, 15) is 0 Å². The second-order valence-electron chi connectivity index (χ2n) is 7.68. The number of benzene rings is 2. The zero-order chi connectivity index (χ0) is 17.6. The lowest BCUT2D eigenvalue weighted by atomic mass is 9.84. The van der Waals surface area contributed by atoms with E-state index in [0.717, 1.165) is 13.1 Å². The number of piperidine rings is 1. The van der Waals surface area contributed by atoms with Crippen molar-refractivity contribution in [3.63, 3.8) is 0 Å². The molecule has 0 spiro atoms. The molecule has 1 fully saturated rings. The van der Waals surface area contributed by atoms with Crippen molar-refractivity contribution in [1.82, 2.24) is 4.90 Å². The molecule has 2 unspecified atom stereocenters. The fourth-order valence-corrected chi connectivity index (χ4v) is 4.13. The molecule has 2 atom stereocenters. The van der Waals surface area contributed by atoms with Crippen molar-refractivity contribution in [2.24, 2.45) is 5.73 Å². The van der Waals surface area contributed by atoms with Crippen molar-refractivity contribution in [1.29, 1.82) is 0 Å². The number of nitrogens with two attached hydrogens (primary N) is 1. The minimum absolute atomic E-state index is 0.422. The van der Waals surface area contributed by atoms with E-state index >= 15 is 0 Å². The van der Waals surface area contributed by atoms with Gasteiger partial charge < -0.3 is 5.73 Å². The molecule has 1 aliphatic rings. The molecule has 1 heterocycles. The summed E-state index contributed by atoms with van der Waals surface area (Å²) >= 11 is 0. The molecule has 2 N–H and O–H groups in total. The van der Waals surface area contributed by atoms with Gasteiger partial charge in [-0.05, 0) is 42.0 Å². The van der Waals surface area contributed by atoms with Crippen molar-refractivity contribution in [2.75, 3.05) is 13.1 Å². The van der Waals surface area contributed by atoms with Crippen molar-refractivity contribution in [2.45, 2.75) is 57.5 Å². The van der Waals surface area contributed by atoms with E-state index in [-0.39, 0.29) is 0 Å². The zero-order valence-corrected chi connectivity index (χ0v) is 15.7. The quantitative estimate of drug-likeness (QED) is 0.812. The average molecular weight is 337 g/mol. The van der Waals surface area contributed by atoms with E-state index in [2.05, 4.69) is 73.3 Å². The smallest absolute Gasteiger partial charge is 0.0236 e. The lowest BCUT2D eigenvalue weighted by molar-refractivity contribution is 0.119. The molecule has 1 saturated heterocycles. The summed E-state index contributed by atoms with van der Waals surface area (Å²) in [5, 5.41) is 0. The van der Waals surface area contributed by atoms with Gasteiger partial charge in [-0.1, -0.05) is 74.9 Å². The summed E-state index contributed by atoms with van der Waals surface area (Å²) in [6, 6.07) is 20.6. The van der Waals surface area contributed by atoms with Crippen LogP contribution in [0.1, 0.15) is 61.6 Å². The van der Waals surface area contributed by atoms with Crippen LogP contribution in [0.5, 0.6) is 0 Å². The first-order chi connectivity index (χ1) is 12.2. The van der Waals surface area contributed by atoms with Gasteiger partial charge in [-0.2, -0.15) is 0 Å². The normalized spacial score (nSPS) is 19.9. The molecule has 2 nitrogen and oxygen atoms in total. The third kappa shape index (κ3) is 4.50. The summed E-state index contributed by atoms with van der Waals surface area (Å²) in [5.74, 6) is 1.000. The highest BCUT2D eigenvalue weighted by Gasteiger charge is 2.30. The third-order valence-corrected chi connectivity index (χ3v) is 5.64. The Hall–Kier alpha value is -1.64. The minimum Gasteiger partial charge on any atom is -0.330 e. The van der Waals surface area contributed by atoms with E-state index < -0.39 is 0 Å². The molecule has 1 aliphatic heterocycles. The predicted octanol–water partition coefficient (Wildman–Crippen LogP) is 4.91. The standard InChI is InChI=1S/C23H32N2/c1-18(2)20-11-13-21(14-12-20)22(16-24)23-10-6-7-15-25(23)17-19-8-4-3-5-9-19/h3-5,8-9,11-14,18,22-23H,6-7,10,15-17,24H2,1-2H3. The van der Waals surface area contributed by atoms with E-state index in [1.54, 1.807) is 0 Å². The summed E-state index contributed by atoms with van der Waals surface area (Å²) < 4.78 is 0. The molecule has 0 aromatic heterocycles. The van der Waals surface area contributed by atoms with Gasteiger partial charge in [0.1, 0.15) is 0 Å². The first kappa shape index (κ1) is 18.2. The van der Waals surface area contributed by atoms with Crippen molar-refractivity contribution in [3.8, 4) is 0 Å².